The molecule has 1 aliphatic heterocycles. The lowest BCUT2D eigenvalue weighted by molar-refractivity contribution is 0.118. The van der Waals surface area contributed by atoms with Crippen LogP contribution in [0.5, 0.6) is 5.75 Å². The largest absolute Gasteiger partial charge is 0.495 e. The number of aryl methyl sites for hydroxylation is 1. The Bertz CT molecular complexity index is 583. The fourth-order valence-corrected chi connectivity index (χ4v) is 4.54. The molecule has 2 rings (SSSR count). The first-order chi connectivity index (χ1) is 9.98. The van der Waals surface area contributed by atoms with Crippen molar-refractivity contribution in [2.24, 2.45) is 5.92 Å². The van der Waals surface area contributed by atoms with Gasteiger partial charge in [0.15, 0.2) is 0 Å². The Hall–Kier alpha value is -1.11. The number of hydrogen-bond acceptors (Lipinski definition) is 4. The van der Waals surface area contributed by atoms with Crippen molar-refractivity contribution in [2.45, 2.75) is 24.7 Å². The maximum absolute atomic E-state index is 12.9. The molecule has 1 aromatic carbocycles. The Labute approximate surface area is 126 Å². The van der Waals surface area contributed by atoms with Crippen LogP contribution in [0.1, 0.15) is 18.4 Å². The molecule has 0 aromatic heterocycles. The van der Waals surface area contributed by atoms with Crippen LogP contribution < -0.4 is 4.74 Å². The summed E-state index contributed by atoms with van der Waals surface area (Å²) in [6.07, 6.45) is 1.87. The van der Waals surface area contributed by atoms with Gasteiger partial charge in [-0.1, -0.05) is 6.07 Å². The number of methoxy groups -OCH3 is 2. The van der Waals surface area contributed by atoms with E-state index in [-0.39, 0.29) is 10.8 Å². The van der Waals surface area contributed by atoms with Crippen LogP contribution in [0.3, 0.4) is 0 Å². The van der Waals surface area contributed by atoms with Gasteiger partial charge in [0, 0.05) is 20.2 Å². The second-order valence-corrected chi connectivity index (χ2v) is 7.39. The molecule has 0 amide bonds. The maximum atomic E-state index is 12.9. The molecule has 0 spiro atoms. The van der Waals surface area contributed by atoms with Crippen molar-refractivity contribution >= 4 is 10.0 Å². The zero-order valence-electron chi connectivity index (χ0n) is 12.8. The molecule has 1 aromatic rings. The Balaban J connectivity index is 2.31. The van der Waals surface area contributed by atoms with Crippen molar-refractivity contribution in [1.82, 2.24) is 4.31 Å². The molecule has 1 heterocycles. The molecule has 1 atom stereocenters. The Morgan fingerprint density at radius 3 is 2.76 bits per heavy atom. The standard InChI is InChI=1S/C15H23NO4S/c1-12-6-7-14(20-3)15(9-12)21(17,18)16-8-4-5-13(10-16)11-19-2/h6-7,9,13H,4-5,8,10-11H2,1-3H3. The van der Waals surface area contributed by atoms with Gasteiger partial charge in [-0.2, -0.15) is 4.31 Å². The van der Waals surface area contributed by atoms with Crippen LogP contribution in [0.2, 0.25) is 0 Å². The van der Waals surface area contributed by atoms with Crippen molar-refractivity contribution in [2.75, 3.05) is 33.9 Å². The van der Waals surface area contributed by atoms with E-state index in [0.29, 0.717) is 25.4 Å². The normalized spacial score (nSPS) is 20.4. The first kappa shape index (κ1) is 16.3. The summed E-state index contributed by atoms with van der Waals surface area (Å²) in [7, 11) is -0.382. The highest BCUT2D eigenvalue weighted by molar-refractivity contribution is 7.89. The molecule has 0 N–H and O–H groups in total. The minimum atomic E-state index is -3.53. The van der Waals surface area contributed by atoms with E-state index in [1.54, 1.807) is 23.5 Å². The Morgan fingerprint density at radius 1 is 1.33 bits per heavy atom. The number of ether oxygens (including phenoxy) is 2. The number of rotatable bonds is 5. The van der Waals surface area contributed by atoms with Crippen molar-refractivity contribution in [3.63, 3.8) is 0 Å². The van der Waals surface area contributed by atoms with E-state index in [1.165, 1.54) is 7.11 Å². The average molecular weight is 313 g/mol. The number of sulfonamides is 1. The van der Waals surface area contributed by atoms with E-state index in [2.05, 4.69) is 0 Å². The minimum Gasteiger partial charge on any atom is -0.495 e. The third kappa shape index (κ3) is 3.56. The summed E-state index contributed by atoms with van der Waals surface area (Å²) in [4.78, 5) is 0.253. The summed E-state index contributed by atoms with van der Waals surface area (Å²) in [6, 6.07) is 5.23. The molecule has 1 aliphatic rings. The van der Waals surface area contributed by atoms with Crippen LogP contribution in [0.4, 0.5) is 0 Å². The van der Waals surface area contributed by atoms with Crippen molar-refractivity contribution < 1.29 is 17.9 Å². The third-order valence-corrected chi connectivity index (χ3v) is 5.71. The predicted octanol–water partition coefficient (Wildman–Crippen LogP) is 2.05. The highest BCUT2D eigenvalue weighted by Gasteiger charge is 2.32. The Kier molecular flexibility index (Phi) is 5.24. The van der Waals surface area contributed by atoms with Gasteiger partial charge in [0.1, 0.15) is 10.6 Å². The summed E-state index contributed by atoms with van der Waals surface area (Å²) in [5, 5.41) is 0. The molecule has 21 heavy (non-hydrogen) atoms. The maximum Gasteiger partial charge on any atom is 0.246 e. The summed E-state index contributed by atoms with van der Waals surface area (Å²) in [5.41, 5.74) is 0.903. The molecule has 0 bridgehead atoms. The van der Waals surface area contributed by atoms with Crippen molar-refractivity contribution in [3.8, 4) is 5.75 Å². The van der Waals surface area contributed by atoms with Crippen LogP contribution in [-0.2, 0) is 14.8 Å². The Morgan fingerprint density at radius 2 is 2.10 bits per heavy atom. The fraction of sp³-hybridized carbons (Fsp3) is 0.600. The van der Waals surface area contributed by atoms with E-state index < -0.39 is 10.0 Å². The van der Waals surface area contributed by atoms with Crippen LogP contribution in [0.25, 0.3) is 0 Å². The van der Waals surface area contributed by atoms with Crippen molar-refractivity contribution in [1.29, 1.82) is 0 Å². The summed E-state index contributed by atoms with van der Waals surface area (Å²) in [5.74, 6) is 0.656. The molecule has 0 saturated carbocycles. The summed E-state index contributed by atoms with van der Waals surface area (Å²) < 4.78 is 37.7. The van der Waals surface area contributed by atoms with Gasteiger partial charge in [-0.25, -0.2) is 8.42 Å². The number of benzene rings is 1. The van der Waals surface area contributed by atoms with E-state index in [1.807, 2.05) is 13.0 Å². The van der Waals surface area contributed by atoms with E-state index in [4.69, 9.17) is 9.47 Å². The summed E-state index contributed by atoms with van der Waals surface area (Å²) in [6.45, 7) is 3.53. The minimum absolute atomic E-state index is 0.253. The van der Waals surface area contributed by atoms with Crippen LogP contribution in [0, 0.1) is 12.8 Å². The number of hydrogen-bond donors (Lipinski definition) is 0. The molecule has 5 nitrogen and oxygen atoms in total. The van der Waals surface area contributed by atoms with E-state index >= 15 is 0 Å². The molecule has 0 radical (unpaired) electrons. The molecular formula is C15H23NO4S. The van der Waals surface area contributed by atoms with Gasteiger partial charge in [-0.15, -0.1) is 0 Å². The average Bonchev–Trinajstić information content (AvgIpc) is 2.48. The van der Waals surface area contributed by atoms with Crippen LogP contribution in [0.15, 0.2) is 23.1 Å². The topological polar surface area (TPSA) is 55.8 Å². The second kappa shape index (κ2) is 6.77. The highest BCUT2D eigenvalue weighted by atomic mass is 32.2. The molecular weight excluding hydrogens is 290 g/mol. The zero-order chi connectivity index (χ0) is 15.5. The molecule has 0 aliphatic carbocycles. The van der Waals surface area contributed by atoms with Gasteiger partial charge < -0.3 is 9.47 Å². The lowest BCUT2D eigenvalue weighted by atomic mass is 10.0. The second-order valence-electron chi connectivity index (χ2n) is 5.48. The SMILES string of the molecule is COCC1CCCN(S(=O)(=O)c2cc(C)ccc2OC)C1. The highest BCUT2D eigenvalue weighted by Crippen LogP contribution is 2.30. The lowest BCUT2D eigenvalue weighted by Crippen LogP contribution is -2.41. The van der Waals surface area contributed by atoms with Gasteiger partial charge >= 0.3 is 0 Å². The van der Waals surface area contributed by atoms with Gasteiger partial charge in [0.25, 0.3) is 0 Å². The lowest BCUT2D eigenvalue weighted by Gasteiger charge is -2.31. The molecule has 1 unspecified atom stereocenters. The molecule has 1 saturated heterocycles. The monoisotopic (exact) mass is 313 g/mol. The van der Waals surface area contributed by atoms with Gasteiger partial charge in [0.2, 0.25) is 10.0 Å². The fourth-order valence-electron chi connectivity index (χ4n) is 2.74. The molecule has 1 fully saturated rings. The van der Waals surface area contributed by atoms with Crippen molar-refractivity contribution in [3.05, 3.63) is 23.8 Å². The third-order valence-electron chi connectivity index (χ3n) is 3.82. The quantitative estimate of drug-likeness (QED) is 0.835. The number of nitrogens with zero attached hydrogens (tertiary/aromatic N) is 1. The summed E-state index contributed by atoms with van der Waals surface area (Å²) >= 11 is 0. The number of piperidine rings is 1. The van der Waals surface area contributed by atoms with Gasteiger partial charge in [-0.05, 0) is 43.4 Å². The first-order valence-corrected chi connectivity index (χ1v) is 8.56. The smallest absolute Gasteiger partial charge is 0.246 e. The van der Waals surface area contributed by atoms with E-state index in [9.17, 15) is 8.42 Å². The van der Waals surface area contributed by atoms with E-state index in [0.717, 1.165) is 18.4 Å². The first-order valence-electron chi connectivity index (χ1n) is 7.12. The molecule has 6 heteroatoms. The van der Waals surface area contributed by atoms with Gasteiger partial charge in [0.05, 0.1) is 13.7 Å². The van der Waals surface area contributed by atoms with Gasteiger partial charge in [-0.3, -0.25) is 0 Å². The predicted molar refractivity (Wildman–Crippen MR) is 81.1 cm³/mol. The van der Waals surface area contributed by atoms with Crippen LogP contribution in [-0.4, -0.2) is 46.6 Å². The molecule has 118 valence electrons. The van der Waals surface area contributed by atoms with Crippen LogP contribution >= 0.6 is 0 Å². The zero-order valence-corrected chi connectivity index (χ0v) is 13.6.